The number of carbonyl (C=O) groups excluding carboxylic acids is 1. The number of ether oxygens (including phenoxy) is 2. The van der Waals surface area contributed by atoms with Gasteiger partial charge in [0.2, 0.25) is 0 Å². The molecule has 0 amide bonds. The molecule has 40 heavy (non-hydrogen) atoms. The molecule has 2 aliphatic rings. The number of fused-ring (bicyclic) bond motifs is 3. The molecule has 0 radical (unpaired) electrons. The van der Waals surface area contributed by atoms with E-state index in [2.05, 4.69) is 28.1 Å². The van der Waals surface area contributed by atoms with Gasteiger partial charge in [-0.25, -0.2) is 18.0 Å². The molecule has 2 unspecified atom stereocenters. The van der Waals surface area contributed by atoms with Crippen LogP contribution in [0.3, 0.4) is 0 Å². The summed E-state index contributed by atoms with van der Waals surface area (Å²) in [6.07, 6.45) is 9.66. The molecule has 8 nitrogen and oxygen atoms in total. The Bertz CT molecular complexity index is 1500. The van der Waals surface area contributed by atoms with Crippen molar-refractivity contribution in [2.75, 3.05) is 28.3 Å². The van der Waals surface area contributed by atoms with Crippen LogP contribution >= 0.6 is 0 Å². The van der Waals surface area contributed by atoms with Gasteiger partial charge in [0, 0.05) is 36.3 Å². The number of rotatable bonds is 8. The van der Waals surface area contributed by atoms with Crippen LogP contribution in [0.2, 0.25) is 0 Å². The summed E-state index contributed by atoms with van der Waals surface area (Å²) in [5, 5.41) is 12.6. The smallest absolute Gasteiger partial charge is 0.335 e. The summed E-state index contributed by atoms with van der Waals surface area (Å²) < 4.78 is 30.1. The Labute approximate surface area is 238 Å². The summed E-state index contributed by atoms with van der Waals surface area (Å²) in [5.41, 5.74) is 4.67. The molecule has 2 aromatic rings. The van der Waals surface area contributed by atoms with Crippen LogP contribution in [0.15, 0.2) is 47.3 Å². The second-order valence-corrected chi connectivity index (χ2v) is 13.5. The molecule has 1 aromatic carbocycles. The molecule has 2 heterocycles. The molecule has 9 heteroatoms. The van der Waals surface area contributed by atoms with Crippen molar-refractivity contribution >= 4 is 38.2 Å². The lowest BCUT2D eigenvalue weighted by atomic mass is 9.81. The minimum absolute atomic E-state index is 0.314. The third kappa shape index (κ3) is 5.79. The van der Waals surface area contributed by atoms with E-state index >= 15 is 0 Å². The molecule has 1 aliphatic heterocycles. The third-order valence-electron chi connectivity index (χ3n) is 8.20. The summed E-state index contributed by atoms with van der Waals surface area (Å²) >= 11 is 0. The Hall–Kier alpha value is -2.85. The number of carbonyl (C=O) groups is 1. The molecule has 2 N–H and O–H groups in total. The zero-order chi connectivity index (χ0) is 29.4. The molecule has 218 valence electrons. The van der Waals surface area contributed by atoms with Crippen molar-refractivity contribution in [1.82, 2.24) is 13.6 Å². The van der Waals surface area contributed by atoms with Crippen LogP contribution in [0.4, 0.5) is 0 Å². The highest BCUT2D eigenvalue weighted by Crippen LogP contribution is 2.45. The van der Waals surface area contributed by atoms with E-state index in [0.717, 1.165) is 46.3 Å². The standard InChI is InChI=1S/C31H43N3O5S/c1-20(38-6)16-23-17-24(30(35)39-7)19-34-27-18-25(31(3,36)32-40(8,37)33(4)5)14-15-26(27)28(29(34)21(23)2)22-12-10-9-11-13-22/h14-18,22,36H,8-13,19H2,1-7H3,(H,32,37)/b20-16+. The monoisotopic (exact) mass is 569 g/mol. The zero-order valence-electron chi connectivity index (χ0n) is 24.8. The summed E-state index contributed by atoms with van der Waals surface area (Å²) in [6.45, 7) is 5.88. The number of nitrogens with zero attached hydrogens (tertiary/aromatic N) is 2. The number of benzene rings is 1. The van der Waals surface area contributed by atoms with Gasteiger partial charge < -0.3 is 19.1 Å². The molecule has 2 atom stereocenters. The molecule has 4 rings (SSSR count). The lowest BCUT2D eigenvalue weighted by Crippen LogP contribution is -2.47. The van der Waals surface area contributed by atoms with Crippen molar-refractivity contribution in [3.8, 4) is 0 Å². The fourth-order valence-corrected chi connectivity index (χ4v) is 6.77. The number of nitrogens with one attached hydrogen (secondary N) is 1. The molecule has 0 bridgehead atoms. The molecule has 1 fully saturated rings. The average Bonchev–Trinajstić information content (AvgIpc) is 3.16. The van der Waals surface area contributed by atoms with Crippen LogP contribution in [0.1, 0.15) is 75.6 Å². The SMILES string of the molecule is C=S(=O)(NC(C)(O)c1ccc2c(C3CCCCC3)c3n(c2c1)CC(C(=O)OC)=CC(/C=C(\C)OC)=C3C)N(C)C. The maximum atomic E-state index is 13.0. The van der Waals surface area contributed by atoms with Crippen LogP contribution in [0, 0.1) is 0 Å². The summed E-state index contributed by atoms with van der Waals surface area (Å²) in [4.78, 5) is 13.0. The van der Waals surface area contributed by atoms with Gasteiger partial charge in [0.25, 0.3) is 0 Å². The van der Waals surface area contributed by atoms with Gasteiger partial charge in [-0.3, -0.25) is 0 Å². The number of allylic oxidation sites excluding steroid dienone is 5. The van der Waals surface area contributed by atoms with Crippen LogP contribution in [-0.2, 0) is 36.4 Å². The van der Waals surface area contributed by atoms with Crippen molar-refractivity contribution in [2.45, 2.75) is 71.1 Å². The van der Waals surface area contributed by atoms with E-state index in [1.807, 2.05) is 31.2 Å². The highest BCUT2D eigenvalue weighted by Gasteiger charge is 2.32. The Kier molecular flexibility index (Phi) is 8.71. The fraction of sp³-hybridized carbons (Fsp3) is 0.484. The van der Waals surface area contributed by atoms with Gasteiger partial charge in [0.15, 0.2) is 5.72 Å². The van der Waals surface area contributed by atoms with E-state index in [1.54, 1.807) is 28.1 Å². The van der Waals surface area contributed by atoms with Crippen molar-refractivity contribution in [1.29, 1.82) is 0 Å². The minimum atomic E-state index is -2.92. The first kappa shape index (κ1) is 30.1. The highest BCUT2D eigenvalue weighted by molar-refractivity contribution is 7.96. The molecule has 1 aliphatic carbocycles. The second kappa shape index (κ2) is 11.6. The first-order chi connectivity index (χ1) is 18.8. The molecule has 0 spiro atoms. The summed E-state index contributed by atoms with van der Waals surface area (Å²) in [7, 11) is 3.41. The number of esters is 1. The van der Waals surface area contributed by atoms with E-state index in [-0.39, 0.29) is 0 Å². The Balaban J connectivity index is 2.03. The second-order valence-electron chi connectivity index (χ2n) is 11.2. The van der Waals surface area contributed by atoms with E-state index in [4.69, 9.17) is 9.47 Å². The number of methoxy groups -OCH3 is 2. The maximum Gasteiger partial charge on any atom is 0.335 e. The molecule has 1 saturated carbocycles. The van der Waals surface area contributed by atoms with E-state index in [9.17, 15) is 14.1 Å². The minimum Gasteiger partial charge on any atom is -0.501 e. The fourth-order valence-electron chi connectivity index (χ4n) is 5.84. The van der Waals surface area contributed by atoms with Gasteiger partial charge in [-0.1, -0.05) is 31.4 Å². The van der Waals surface area contributed by atoms with Crippen LogP contribution < -0.4 is 4.72 Å². The maximum absolute atomic E-state index is 13.0. The van der Waals surface area contributed by atoms with E-state index in [1.165, 1.54) is 36.2 Å². The van der Waals surface area contributed by atoms with Crippen molar-refractivity contribution in [2.24, 2.45) is 0 Å². The zero-order valence-corrected chi connectivity index (χ0v) is 25.6. The molecule has 0 saturated heterocycles. The van der Waals surface area contributed by atoms with Gasteiger partial charge in [-0.2, -0.15) is 0 Å². The quantitative estimate of drug-likeness (QED) is 0.202. The number of hydrogen-bond acceptors (Lipinski definition) is 5. The summed E-state index contributed by atoms with van der Waals surface area (Å²) in [6, 6.07) is 5.88. The predicted octanol–water partition coefficient (Wildman–Crippen LogP) is 4.99. The largest absolute Gasteiger partial charge is 0.501 e. The van der Waals surface area contributed by atoms with Gasteiger partial charge in [0.05, 0.1) is 42.0 Å². The molecular formula is C31H43N3O5S. The van der Waals surface area contributed by atoms with E-state index in [0.29, 0.717) is 23.6 Å². The van der Waals surface area contributed by atoms with E-state index < -0.39 is 21.6 Å². The number of aliphatic hydroxyl groups is 1. The van der Waals surface area contributed by atoms with Crippen molar-refractivity contribution in [3.63, 3.8) is 0 Å². The normalized spacial score (nSPS) is 20.0. The summed E-state index contributed by atoms with van der Waals surface area (Å²) in [5.74, 6) is 4.50. The van der Waals surface area contributed by atoms with Gasteiger partial charge in [-0.15, -0.1) is 0 Å². The first-order valence-electron chi connectivity index (χ1n) is 13.8. The highest BCUT2D eigenvalue weighted by atomic mass is 32.2. The van der Waals surface area contributed by atoms with Gasteiger partial charge in [0.1, 0.15) is 0 Å². The number of aromatic nitrogens is 1. The van der Waals surface area contributed by atoms with Gasteiger partial charge >= 0.3 is 5.97 Å². The van der Waals surface area contributed by atoms with Crippen LogP contribution in [-0.4, -0.2) is 58.3 Å². The Morgan fingerprint density at radius 1 is 1.23 bits per heavy atom. The average molecular weight is 570 g/mol. The number of hydrogen-bond donors (Lipinski definition) is 2. The lowest BCUT2D eigenvalue weighted by Gasteiger charge is -2.30. The van der Waals surface area contributed by atoms with Crippen molar-refractivity contribution in [3.05, 3.63) is 64.1 Å². The Morgan fingerprint density at radius 3 is 2.50 bits per heavy atom. The predicted molar refractivity (Wildman–Crippen MR) is 163 cm³/mol. The Morgan fingerprint density at radius 2 is 1.90 bits per heavy atom. The lowest BCUT2D eigenvalue weighted by molar-refractivity contribution is -0.136. The topological polar surface area (TPSA) is 93.0 Å². The molecule has 1 aromatic heterocycles. The third-order valence-corrected chi connectivity index (χ3v) is 10.1. The first-order valence-corrected chi connectivity index (χ1v) is 15.4. The van der Waals surface area contributed by atoms with Crippen LogP contribution in [0.5, 0.6) is 0 Å². The van der Waals surface area contributed by atoms with Crippen LogP contribution in [0.25, 0.3) is 16.5 Å². The van der Waals surface area contributed by atoms with Gasteiger partial charge in [-0.05, 0) is 80.3 Å². The van der Waals surface area contributed by atoms with Crippen molar-refractivity contribution < 1.29 is 23.6 Å². The molecular weight excluding hydrogens is 526 g/mol.